The van der Waals surface area contributed by atoms with Crippen LogP contribution in [0.1, 0.15) is 26.0 Å². The number of aromatic nitrogens is 1. The van der Waals surface area contributed by atoms with Crippen LogP contribution in [-0.2, 0) is 10.1 Å². The molecule has 0 amide bonds. The summed E-state index contributed by atoms with van der Waals surface area (Å²) in [5, 5.41) is 0.768. The van der Waals surface area contributed by atoms with Gasteiger partial charge in [0, 0.05) is 18.9 Å². The molecule has 0 saturated heterocycles. The van der Waals surface area contributed by atoms with Crippen LogP contribution in [-0.4, -0.2) is 24.3 Å². The summed E-state index contributed by atoms with van der Waals surface area (Å²) in [5.41, 5.74) is 0.869. The van der Waals surface area contributed by atoms with Gasteiger partial charge >= 0.3 is 0 Å². The number of nitrogens with zero attached hydrogens (tertiary/aromatic N) is 1. The molecule has 0 aliphatic heterocycles. The Labute approximate surface area is 105 Å². The van der Waals surface area contributed by atoms with Crippen LogP contribution in [0.25, 0.3) is 0 Å². The van der Waals surface area contributed by atoms with E-state index in [1.54, 1.807) is 13.3 Å². The summed E-state index contributed by atoms with van der Waals surface area (Å²) in [7, 11) is 1.71. The minimum absolute atomic E-state index is 0.136. The van der Waals surface area contributed by atoms with Gasteiger partial charge < -0.3 is 9.47 Å². The monoisotopic (exact) mass is 287 g/mol. The zero-order valence-corrected chi connectivity index (χ0v) is 11.6. The molecule has 1 heterocycles. The molecule has 1 rings (SSSR count). The molecular weight excluding hydrogens is 270 g/mol. The third-order valence-corrected chi connectivity index (χ3v) is 3.03. The van der Waals surface area contributed by atoms with E-state index in [-0.39, 0.29) is 5.60 Å². The van der Waals surface area contributed by atoms with Crippen LogP contribution in [0, 0.1) is 0 Å². The molecule has 0 unspecified atom stereocenters. The molecule has 3 nitrogen and oxygen atoms in total. The summed E-state index contributed by atoms with van der Waals surface area (Å²) < 4.78 is 10.9. The maximum atomic E-state index is 5.59. The lowest BCUT2D eigenvalue weighted by Gasteiger charge is -2.22. The SMILES string of the molecule is COC(C)(C)CCOc1ccc(CBr)nc1. The molecule has 0 saturated carbocycles. The predicted octanol–water partition coefficient (Wildman–Crippen LogP) is 3.17. The van der Waals surface area contributed by atoms with Gasteiger partial charge in [-0.2, -0.15) is 0 Å². The highest BCUT2D eigenvalue weighted by Gasteiger charge is 2.15. The number of hydrogen-bond donors (Lipinski definition) is 0. The van der Waals surface area contributed by atoms with Crippen molar-refractivity contribution in [2.75, 3.05) is 13.7 Å². The Hall–Kier alpha value is -0.610. The van der Waals surface area contributed by atoms with Gasteiger partial charge in [0.1, 0.15) is 5.75 Å². The molecule has 90 valence electrons. The molecule has 0 atom stereocenters. The number of pyridine rings is 1. The third kappa shape index (κ3) is 4.49. The van der Waals surface area contributed by atoms with Gasteiger partial charge in [-0.05, 0) is 26.0 Å². The minimum atomic E-state index is -0.136. The second-order valence-electron chi connectivity index (χ2n) is 4.18. The van der Waals surface area contributed by atoms with Crippen molar-refractivity contribution in [2.24, 2.45) is 0 Å². The first-order valence-electron chi connectivity index (χ1n) is 5.26. The third-order valence-electron chi connectivity index (χ3n) is 2.46. The Morgan fingerprint density at radius 2 is 2.12 bits per heavy atom. The van der Waals surface area contributed by atoms with Crippen LogP contribution < -0.4 is 4.74 Å². The van der Waals surface area contributed by atoms with E-state index in [0.29, 0.717) is 6.61 Å². The molecule has 0 spiro atoms. The average molecular weight is 288 g/mol. The standard InChI is InChI=1S/C12H18BrNO2/c1-12(2,15-3)6-7-16-11-5-4-10(8-13)14-9-11/h4-5,9H,6-8H2,1-3H3. The highest BCUT2D eigenvalue weighted by Crippen LogP contribution is 2.15. The van der Waals surface area contributed by atoms with Gasteiger partial charge in [0.2, 0.25) is 0 Å². The van der Waals surface area contributed by atoms with Crippen molar-refractivity contribution >= 4 is 15.9 Å². The van der Waals surface area contributed by atoms with Gasteiger partial charge in [-0.1, -0.05) is 15.9 Å². The van der Waals surface area contributed by atoms with Crippen molar-refractivity contribution in [2.45, 2.75) is 31.2 Å². The van der Waals surface area contributed by atoms with Gasteiger partial charge in [-0.25, -0.2) is 0 Å². The van der Waals surface area contributed by atoms with Crippen molar-refractivity contribution in [3.8, 4) is 5.75 Å². The van der Waals surface area contributed by atoms with Crippen molar-refractivity contribution in [1.82, 2.24) is 4.98 Å². The molecule has 16 heavy (non-hydrogen) atoms. The molecular formula is C12H18BrNO2. The van der Waals surface area contributed by atoms with E-state index in [9.17, 15) is 0 Å². The Kier molecular flexibility index (Phi) is 5.22. The summed E-state index contributed by atoms with van der Waals surface area (Å²) in [4.78, 5) is 4.23. The fourth-order valence-electron chi connectivity index (χ4n) is 1.09. The Morgan fingerprint density at radius 3 is 2.62 bits per heavy atom. The summed E-state index contributed by atoms with van der Waals surface area (Å²) >= 11 is 3.35. The van der Waals surface area contributed by atoms with E-state index in [0.717, 1.165) is 23.2 Å². The molecule has 0 radical (unpaired) electrons. The summed E-state index contributed by atoms with van der Waals surface area (Å²) in [5.74, 6) is 0.802. The Morgan fingerprint density at radius 1 is 1.38 bits per heavy atom. The minimum Gasteiger partial charge on any atom is -0.492 e. The van der Waals surface area contributed by atoms with Crippen molar-refractivity contribution in [1.29, 1.82) is 0 Å². The number of alkyl halides is 1. The first-order valence-corrected chi connectivity index (χ1v) is 6.38. The molecule has 0 aliphatic carbocycles. The average Bonchev–Trinajstić information content (AvgIpc) is 2.30. The van der Waals surface area contributed by atoms with E-state index in [4.69, 9.17) is 9.47 Å². The smallest absolute Gasteiger partial charge is 0.137 e. The number of halogens is 1. The summed E-state index contributed by atoms with van der Waals surface area (Å²) in [6, 6.07) is 3.88. The quantitative estimate of drug-likeness (QED) is 0.753. The Bertz CT molecular complexity index is 311. The van der Waals surface area contributed by atoms with E-state index < -0.39 is 0 Å². The topological polar surface area (TPSA) is 31.4 Å². The molecule has 1 aromatic rings. The van der Waals surface area contributed by atoms with E-state index in [1.807, 2.05) is 26.0 Å². The van der Waals surface area contributed by atoms with Crippen LogP contribution >= 0.6 is 15.9 Å². The molecule has 0 bridgehead atoms. The van der Waals surface area contributed by atoms with Crippen LogP contribution in [0.5, 0.6) is 5.75 Å². The second kappa shape index (κ2) is 6.21. The van der Waals surface area contributed by atoms with Crippen LogP contribution in [0.2, 0.25) is 0 Å². The summed E-state index contributed by atoms with van der Waals surface area (Å²) in [6.07, 6.45) is 2.60. The highest BCUT2D eigenvalue weighted by atomic mass is 79.9. The Balaban J connectivity index is 2.37. The van der Waals surface area contributed by atoms with E-state index in [1.165, 1.54) is 0 Å². The van der Waals surface area contributed by atoms with Gasteiger partial charge in [0.05, 0.1) is 24.1 Å². The van der Waals surface area contributed by atoms with E-state index >= 15 is 0 Å². The molecule has 0 aromatic carbocycles. The molecule has 0 N–H and O–H groups in total. The lowest BCUT2D eigenvalue weighted by Crippen LogP contribution is -2.25. The second-order valence-corrected chi connectivity index (χ2v) is 4.74. The maximum Gasteiger partial charge on any atom is 0.137 e. The van der Waals surface area contributed by atoms with Crippen molar-refractivity contribution in [3.63, 3.8) is 0 Å². The number of ether oxygens (including phenoxy) is 2. The van der Waals surface area contributed by atoms with Crippen molar-refractivity contribution < 1.29 is 9.47 Å². The number of methoxy groups -OCH3 is 1. The zero-order chi connectivity index (χ0) is 12.0. The predicted molar refractivity (Wildman–Crippen MR) is 68.1 cm³/mol. The van der Waals surface area contributed by atoms with E-state index in [2.05, 4.69) is 20.9 Å². The lowest BCUT2D eigenvalue weighted by molar-refractivity contribution is 0.00542. The van der Waals surface area contributed by atoms with Gasteiger partial charge in [-0.3, -0.25) is 4.98 Å². The van der Waals surface area contributed by atoms with Crippen molar-refractivity contribution in [3.05, 3.63) is 24.0 Å². The fraction of sp³-hybridized carbons (Fsp3) is 0.583. The first kappa shape index (κ1) is 13.5. The molecule has 4 heteroatoms. The lowest BCUT2D eigenvalue weighted by atomic mass is 10.1. The number of hydrogen-bond acceptors (Lipinski definition) is 3. The van der Waals surface area contributed by atoms with Gasteiger partial charge in [-0.15, -0.1) is 0 Å². The van der Waals surface area contributed by atoms with Crippen LogP contribution in [0.4, 0.5) is 0 Å². The molecule has 0 fully saturated rings. The van der Waals surface area contributed by atoms with Crippen LogP contribution in [0.15, 0.2) is 18.3 Å². The largest absolute Gasteiger partial charge is 0.492 e. The fourth-order valence-corrected chi connectivity index (χ4v) is 1.42. The molecule has 1 aromatic heterocycles. The first-order chi connectivity index (χ1) is 7.57. The normalized spacial score (nSPS) is 11.5. The highest BCUT2D eigenvalue weighted by molar-refractivity contribution is 9.08. The van der Waals surface area contributed by atoms with Gasteiger partial charge in [0.15, 0.2) is 0 Å². The number of rotatable bonds is 6. The maximum absolute atomic E-state index is 5.59. The zero-order valence-electron chi connectivity index (χ0n) is 10.00. The molecule has 0 aliphatic rings. The van der Waals surface area contributed by atoms with Gasteiger partial charge in [0.25, 0.3) is 0 Å². The summed E-state index contributed by atoms with van der Waals surface area (Å²) in [6.45, 7) is 4.72. The van der Waals surface area contributed by atoms with Crippen LogP contribution in [0.3, 0.4) is 0 Å².